The molecular formula is C22H26N2O6S2. The molecule has 2 saturated heterocycles. The summed E-state index contributed by atoms with van der Waals surface area (Å²) in [6.45, 7) is 3.73. The average Bonchev–Trinajstić information content (AvgIpc) is 3.38. The third-order valence-corrected chi connectivity index (χ3v) is 10.6. The second-order valence-corrected chi connectivity index (χ2v) is 12.9. The zero-order chi connectivity index (χ0) is 22.3. The Morgan fingerprint density at radius 3 is 2.38 bits per heavy atom. The highest BCUT2D eigenvalue weighted by Gasteiger charge is 2.48. The van der Waals surface area contributed by atoms with E-state index in [4.69, 9.17) is 9.47 Å². The second-order valence-electron chi connectivity index (χ2n) is 8.54. The molecule has 10 heteroatoms. The molecule has 0 unspecified atom stereocenters. The number of fused-ring (bicyclic) bond motifs is 1. The van der Waals surface area contributed by atoms with Gasteiger partial charge in [0.25, 0.3) is 0 Å². The van der Waals surface area contributed by atoms with Crippen LogP contribution >= 0.6 is 0 Å². The molecule has 0 saturated carbocycles. The van der Waals surface area contributed by atoms with Crippen molar-refractivity contribution in [3.63, 3.8) is 0 Å². The van der Waals surface area contributed by atoms with Gasteiger partial charge in [0.2, 0.25) is 6.79 Å². The van der Waals surface area contributed by atoms with Crippen LogP contribution in [0.5, 0.6) is 11.5 Å². The summed E-state index contributed by atoms with van der Waals surface area (Å²) < 4.78 is 62.2. The molecule has 2 aromatic rings. The minimum atomic E-state index is -3.74. The van der Waals surface area contributed by atoms with Crippen molar-refractivity contribution in [2.75, 3.05) is 44.5 Å². The maximum atomic E-state index is 13.3. The third-order valence-electron chi connectivity index (χ3n) is 6.46. The normalized spacial score (nSPS) is 25.8. The fourth-order valence-corrected chi connectivity index (χ4v) is 9.62. The van der Waals surface area contributed by atoms with Crippen LogP contribution in [0.15, 0.2) is 53.4 Å². The number of ether oxygens (including phenoxy) is 2. The van der Waals surface area contributed by atoms with Crippen molar-refractivity contribution in [3.8, 4) is 11.5 Å². The molecule has 0 aromatic heterocycles. The summed E-state index contributed by atoms with van der Waals surface area (Å²) in [7, 11) is -7.15. The Labute approximate surface area is 188 Å². The zero-order valence-corrected chi connectivity index (χ0v) is 19.2. The van der Waals surface area contributed by atoms with Crippen LogP contribution in [0, 0.1) is 0 Å². The number of rotatable bonds is 5. The molecule has 32 heavy (non-hydrogen) atoms. The fourth-order valence-electron chi connectivity index (χ4n) is 4.77. The molecule has 5 rings (SSSR count). The lowest BCUT2D eigenvalue weighted by Gasteiger charge is -2.39. The number of piperazine rings is 1. The highest BCUT2D eigenvalue weighted by Crippen LogP contribution is 2.33. The van der Waals surface area contributed by atoms with Gasteiger partial charge >= 0.3 is 0 Å². The first-order valence-corrected chi connectivity index (χ1v) is 14.0. The van der Waals surface area contributed by atoms with E-state index in [0.717, 1.165) is 36.7 Å². The molecule has 2 atom stereocenters. The Hall–Kier alpha value is -2.14. The molecule has 172 valence electrons. The minimum absolute atomic E-state index is 0.105. The van der Waals surface area contributed by atoms with Crippen LogP contribution in [0.25, 0.3) is 0 Å². The van der Waals surface area contributed by atoms with Crippen LogP contribution < -0.4 is 9.47 Å². The number of hydrogen-bond donors (Lipinski definition) is 0. The Bertz CT molecular complexity index is 1190. The van der Waals surface area contributed by atoms with Crippen molar-refractivity contribution in [2.45, 2.75) is 22.7 Å². The highest BCUT2D eigenvalue weighted by atomic mass is 32.2. The van der Waals surface area contributed by atoms with E-state index >= 15 is 0 Å². The smallest absolute Gasteiger partial charge is 0.231 e. The van der Waals surface area contributed by atoms with Gasteiger partial charge in [-0.1, -0.05) is 24.3 Å². The number of hydrogen-bond acceptors (Lipinski definition) is 8. The van der Waals surface area contributed by atoms with Gasteiger partial charge in [0.15, 0.2) is 31.2 Å². The summed E-state index contributed by atoms with van der Waals surface area (Å²) in [5.74, 6) is 1.09. The first kappa shape index (κ1) is 21.7. The quantitative estimate of drug-likeness (QED) is 0.632. The lowest BCUT2D eigenvalue weighted by molar-refractivity contribution is 0.101. The maximum Gasteiger partial charge on any atom is 0.231 e. The van der Waals surface area contributed by atoms with Crippen molar-refractivity contribution in [2.24, 2.45) is 0 Å². The average molecular weight is 479 g/mol. The summed E-state index contributed by atoms with van der Waals surface area (Å²) in [5, 5.41) is -0.935. The summed E-state index contributed by atoms with van der Waals surface area (Å²) in [5.41, 5.74) is 1.12. The molecule has 0 N–H and O–H groups in total. The molecule has 8 nitrogen and oxygen atoms in total. The lowest BCUT2D eigenvalue weighted by Crippen LogP contribution is -2.54. The topological polar surface area (TPSA) is 93.2 Å². The van der Waals surface area contributed by atoms with Crippen LogP contribution in [-0.4, -0.2) is 82.4 Å². The standard InChI is InChI=1S/C22H26N2O6S2/c25-31(26)14-19(22(15-31)32(27,28)18-4-2-1-3-5-18)24-10-8-23(9-11-24)13-17-6-7-20-21(12-17)30-16-29-20/h1-7,12,19,22H,8-11,13-16H2/t19-,22-/m0/s1. The Morgan fingerprint density at radius 2 is 1.62 bits per heavy atom. The number of benzene rings is 2. The summed E-state index contributed by atoms with van der Waals surface area (Å²) in [4.78, 5) is 4.53. The molecule has 3 aliphatic heterocycles. The van der Waals surface area contributed by atoms with E-state index in [-0.39, 0.29) is 23.2 Å². The van der Waals surface area contributed by atoms with Gasteiger partial charge in [0.1, 0.15) is 0 Å². The predicted octanol–water partition coefficient (Wildman–Crippen LogP) is 1.17. The largest absolute Gasteiger partial charge is 0.454 e. The fraction of sp³-hybridized carbons (Fsp3) is 0.455. The summed E-state index contributed by atoms with van der Waals surface area (Å²) in [6.07, 6.45) is 0. The van der Waals surface area contributed by atoms with E-state index in [1.165, 1.54) is 0 Å². The summed E-state index contributed by atoms with van der Waals surface area (Å²) in [6, 6.07) is 13.6. The lowest BCUT2D eigenvalue weighted by atomic mass is 10.1. The van der Waals surface area contributed by atoms with Crippen LogP contribution in [0.2, 0.25) is 0 Å². The van der Waals surface area contributed by atoms with Gasteiger partial charge in [-0.25, -0.2) is 16.8 Å². The molecule has 0 radical (unpaired) electrons. The summed E-state index contributed by atoms with van der Waals surface area (Å²) >= 11 is 0. The first-order valence-electron chi connectivity index (χ1n) is 10.7. The minimum Gasteiger partial charge on any atom is -0.454 e. The molecule has 2 fully saturated rings. The molecule has 0 bridgehead atoms. The van der Waals surface area contributed by atoms with Crippen molar-refractivity contribution in [3.05, 3.63) is 54.1 Å². The van der Waals surface area contributed by atoms with Crippen molar-refractivity contribution in [1.29, 1.82) is 0 Å². The molecule has 3 heterocycles. The van der Waals surface area contributed by atoms with Gasteiger partial charge in [-0.3, -0.25) is 9.80 Å². The Kier molecular flexibility index (Phi) is 5.65. The van der Waals surface area contributed by atoms with Crippen molar-refractivity contribution < 1.29 is 26.3 Å². The van der Waals surface area contributed by atoms with E-state index in [1.807, 2.05) is 23.1 Å². The maximum absolute atomic E-state index is 13.3. The monoisotopic (exact) mass is 478 g/mol. The van der Waals surface area contributed by atoms with Gasteiger partial charge in [0, 0.05) is 38.8 Å². The van der Waals surface area contributed by atoms with Gasteiger partial charge in [-0.2, -0.15) is 0 Å². The van der Waals surface area contributed by atoms with Crippen LogP contribution in [0.3, 0.4) is 0 Å². The third kappa shape index (κ3) is 4.24. The van der Waals surface area contributed by atoms with Crippen LogP contribution in [-0.2, 0) is 26.2 Å². The van der Waals surface area contributed by atoms with Crippen LogP contribution in [0.1, 0.15) is 5.56 Å². The zero-order valence-electron chi connectivity index (χ0n) is 17.6. The first-order chi connectivity index (χ1) is 15.3. The SMILES string of the molecule is O=S1(=O)C[C@H](N2CCN(Cc3ccc4c(c3)OCO4)CC2)[C@@H](S(=O)(=O)c2ccccc2)C1. The highest BCUT2D eigenvalue weighted by molar-refractivity contribution is 7.96. The second kappa shape index (κ2) is 8.33. The molecule has 2 aromatic carbocycles. The number of nitrogens with zero attached hydrogens (tertiary/aromatic N) is 2. The Balaban J connectivity index is 1.27. The van der Waals surface area contributed by atoms with Crippen molar-refractivity contribution in [1.82, 2.24) is 9.80 Å². The van der Waals surface area contributed by atoms with E-state index in [9.17, 15) is 16.8 Å². The molecular weight excluding hydrogens is 452 g/mol. The van der Waals surface area contributed by atoms with E-state index < -0.39 is 31.0 Å². The van der Waals surface area contributed by atoms with E-state index in [2.05, 4.69) is 4.90 Å². The molecule has 3 aliphatic rings. The number of sulfone groups is 2. The van der Waals surface area contributed by atoms with E-state index in [1.54, 1.807) is 30.3 Å². The van der Waals surface area contributed by atoms with Gasteiger partial charge in [0.05, 0.1) is 21.7 Å². The predicted molar refractivity (Wildman–Crippen MR) is 119 cm³/mol. The van der Waals surface area contributed by atoms with Gasteiger partial charge in [-0.05, 0) is 29.8 Å². The van der Waals surface area contributed by atoms with Crippen molar-refractivity contribution >= 4 is 19.7 Å². The van der Waals surface area contributed by atoms with E-state index in [0.29, 0.717) is 13.1 Å². The molecule has 0 spiro atoms. The van der Waals surface area contributed by atoms with Gasteiger partial charge in [-0.15, -0.1) is 0 Å². The Morgan fingerprint density at radius 1 is 0.906 bits per heavy atom. The molecule has 0 amide bonds. The van der Waals surface area contributed by atoms with Gasteiger partial charge < -0.3 is 9.47 Å². The van der Waals surface area contributed by atoms with Crippen LogP contribution in [0.4, 0.5) is 0 Å². The molecule has 0 aliphatic carbocycles.